The van der Waals surface area contributed by atoms with Gasteiger partial charge in [-0.2, -0.15) is 0 Å². The summed E-state index contributed by atoms with van der Waals surface area (Å²) in [7, 11) is 0. The molecule has 1 N–H and O–H groups in total. The molecular formula is C17H21N3O2. The molecule has 2 heterocycles. The van der Waals surface area contributed by atoms with Crippen LogP contribution in [0.1, 0.15) is 21.7 Å². The molecule has 0 spiro atoms. The highest BCUT2D eigenvalue weighted by atomic mass is 16.3. The zero-order chi connectivity index (χ0) is 16.1. The van der Waals surface area contributed by atoms with E-state index in [9.17, 15) is 4.79 Å². The second-order valence-corrected chi connectivity index (χ2v) is 5.07. The molecule has 0 fully saturated rings. The number of hydrogen-bond acceptors (Lipinski definition) is 3. The Hall–Kier alpha value is -2.40. The first-order valence-electron chi connectivity index (χ1n) is 7.21. The van der Waals surface area contributed by atoms with Gasteiger partial charge in [-0.1, -0.05) is 12.1 Å². The fraction of sp³-hybridized carbons (Fsp3) is 0.294. The van der Waals surface area contributed by atoms with E-state index in [0.29, 0.717) is 12.1 Å². The minimum absolute atomic E-state index is 0.0709. The van der Waals surface area contributed by atoms with Crippen molar-refractivity contribution in [3.8, 4) is 5.82 Å². The molecule has 0 bridgehead atoms. The van der Waals surface area contributed by atoms with Gasteiger partial charge in [-0.15, -0.1) is 6.58 Å². The monoisotopic (exact) mass is 299 g/mol. The van der Waals surface area contributed by atoms with E-state index in [-0.39, 0.29) is 19.1 Å². The summed E-state index contributed by atoms with van der Waals surface area (Å²) in [4.78, 5) is 18.6. The lowest BCUT2D eigenvalue weighted by molar-refractivity contribution is 0.0742. The molecule has 2 rings (SSSR count). The molecule has 0 aliphatic carbocycles. The lowest BCUT2D eigenvalue weighted by Crippen LogP contribution is -2.34. The van der Waals surface area contributed by atoms with Crippen molar-refractivity contribution in [3.05, 3.63) is 60.1 Å². The number of carbonyl (C=O) groups is 1. The van der Waals surface area contributed by atoms with E-state index < -0.39 is 0 Å². The van der Waals surface area contributed by atoms with Crippen molar-refractivity contribution in [2.75, 3.05) is 19.7 Å². The SMILES string of the molecule is C=CCN(CCO)C(=O)c1cc(C)n(-c2ccccn2)c1C. The predicted octanol–water partition coefficient (Wildman–Crippen LogP) is 2.11. The van der Waals surface area contributed by atoms with Crippen LogP contribution < -0.4 is 0 Å². The Labute approximate surface area is 130 Å². The summed E-state index contributed by atoms with van der Waals surface area (Å²) < 4.78 is 1.96. The van der Waals surface area contributed by atoms with Crippen LogP contribution in [0.25, 0.3) is 5.82 Å². The molecule has 0 saturated heterocycles. The highest BCUT2D eigenvalue weighted by Gasteiger charge is 2.21. The Bertz CT molecular complexity index is 662. The number of aliphatic hydroxyl groups excluding tert-OH is 1. The third-order valence-corrected chi connectivity index (χ3v) is 3.55. The Morgan fingerprint density at radius 3 is 2.82 bits per heavy atom. The Balaban J connectivity index is 2.41. The molecule has 5 heteroatoms. The Morgan fingerprint density at radius 2 is 2.23 bits per heavy atom. The summed E-state index contributed by atoms with van der Waals surface area (Å²) in [6.07, 6.45) is 3.39. The van der Waals surface area contributed by atoms with E-state index >= 15 is 0 Å². The first-order valence-corrected chi connectivity index (χ1v) is 7.21. The molecule has 0 aromatic carbocycles. The van der Waals surface area contributed by atoms with E-state index in [4.69, 9.17) is 5.11 Å². The number of aryl methyl sites for hydroxylation is 1. The second-order valence-electron chi connectivity index (χ2n) is 5.07. The van der Waals surface area contributed by atoms with E-state index in [2.05, 4.69) is 11.6 Å². The van der Waals surface area contributed by atoms with E-state index in [1.165, 1.54) is 0 Å². The lowest BCUT2D eigenvalue weighted by atomic mass is 10.2. The van der Waals surface area contributed by atoms with Crippen LogP contribution in [0.2, 0.25) is 0 Å². The van der Waals surface area contributed by atoms with Gasteiger partial charge < -0.3 is 14.6 Å². The van der Waals surface area contributed by atoms with Gasteiger partial charge >= 0.3 is 0 Å². The van der Waals surface area contributed by atoms with Crippen molar-refractivity contribution >= 4 is 5.91 Å². The summed E-state index contributed by atoms with van der Waals surface area (Å²) >= 11 is 0. The minimum atomic E-state index is -0.107. The number of nitrogens with zero attached hydrogens (tertiary/aromatic N) is 3. The molecule has 0 saturated carbocycles. The molecular weight excluding hydrogens is 278 g/mol. The molecule has 0 aliphatic heterocycles. The average Bonchev–Trinajstić information content (AvgIpc) is 2.82. The quantitative estimate of drug-likeness (QED) is 0.831. The highest BCUT2D eigenvalue weighted by Crippen LogP contribution is 2.20. The average molecular weight is 299 g/mol. The van der Waals surface area contributed by atoms with Crippen LogP contribution in [0.5, 0.6) is 0 Å². The number of pyridine rings is 1. The first kappa shape index (κ1) is 16.0. The minimum Gasteiger partial charge on any atom is -0.395 e. The van der Waals surface area contributed by atoms with Gasteiger partial charge in [0, 0.05) is 30.7 Å². The summed E-state index contributed by atoms with van der Waals surface area (Å²) in [6.45, 7) is 8.14. The molecule has 2 aromatic heterocycles. The van der Waals surface area contributed by atoms with Gasteiger partial charge in [-0.25, -0.2) is 4.98 Å². The van der Waals surface area contributed by atoms with Crippen LogP contribution in [0, 0.1) is 13.8 Å². The third kappa shape index (κ3) is 3.09. The largest absolute Gasteiger partial charge is 0.395 e. The van der Waals surface area contributed by atoms with Crippen LogP contribution in [0.4, 0.5) is 0 Å². The Morgan fingerprint density at radius 1 is 1.45 bits per heavy atom. The predicted molar refractivity (Wildman–Crippen MR) is 86.2 cm³/mol. The topological polar surface area (TPSA) is 58.4 Å². The van der Waals surface area contributed by atoms with E-state index in [1.807, 2.05) is 42.7 Å². The fourth-order valence-corrected chi connectivity index (χ4v) is 2.54. The molecule has 0 radical (unpaired) electrons. The summed E-state index contributed by atoms with van der Waals surface area (Å²) in [5.74, 6) is 0.679. The zero-order valence-electron chi connectivity index (χ0n) is 13.0. The molecule has 0 atom stereocenters. The summed E-state index contributed by atoms with van der Waals surface area (Å²) in [5.41, 5.74) is 2.41. The van der Waals surface area contributed by atoms with E-state index in [0.717, 1.165) is 17.2 Å². The number of rotatable bonds is 6. The van der Waals surface area contributed by atoms with Crippen molar-refractivity contribution in [1.29, 1.82) is 0 Å². The second kappa shape index (κ2) is 7.04. The van der Waals surface area contributed by atoms with Gasteiger partial charge in [-0.3, -0.25) is 4.79 Å². The molecule has 0 aliphatic rings. The van der Waals surface area contributed by atoms with E-state index in [1.54, 1.807) is 17.2 Å². The number of aliphatic hydroxyl groups is 1. The van der Waals surface area contributed by atoms with Crippen LogP contribution in [0.3, 0.4) is 0 Å². The smallest absolute Gasteiger partial charge is 0.256 e. The number of carbonyl (C=O) groups excluding carboxylic acids is 1. The van der Waals surface area contributed by atoms with Crippen molar-refractivity contribution in [2.24, 2.45) is 0 Å². The number of hydrogen-bond donors (Lipinski definition) is 1. The fourth-order valence-electron chi connectivity index (χ4n) is 2.54. The lowest BCUT2D eigenvalue weighted by Gasteiger charge is -2.20. The van der Waals surface area contributed by atoms with Gasteiger partial charge in [-0.05, 0) is 32.0 Å². The Kier molecular flexibility index (Phi) is 5.12. The maximum atomic E-state index is 12.7. The van der Waals surface area contributed by atoms with Gasteiger partial charge in [0.05, 0.1) is 12.2 Å². The molecule has 1 amide bonds. The van der Waals surface area contributed by atoms with Crippen LogP contribution >= 0.6 is 0 Å². The third-order valence-electron chi connectivity index (χ3n) is 3.55. The number of aromatic nitrogens is 2. The number of amides is 1. The summed E-state index contributed by atoms with van der Waals surface area (Å²) in [5, 5.41) is 9.12. The van der Waals surface area contributed by atoms with Gasteiger partial charge in [0.15, 0.2) is 0 Å². The van der Waals surface area contributed by atoms with Crippen LogP contribution in [-0.2, 0) is 0 Å². The van der Waals surface area contributed by atoms with Crippen molar-refractivity contribution in [3.63, 3.8) is 0 Å². The molecule has 2 aromatic rings. The van der Waals surface area contributed by atoms with Gasteiger partial charge in [0.1, 0.15) is 5.82 Å². The first-order chi connectivity index (χ1) is 10.6. The van der Waals surface area contributed by atoms with Crippen molar-refractivity contribution in [1.82, 2.24) is 14.5 Å². The zero-order valence-corrected chi connectivity index (χ0v) is 13.0. The molecule has 5 nitrogen and oxygen atoms in total. The molecule has 116 valence electrons. The molecule has 0 unspecified atom stereocenters. The van der Waals surface area contributed by atoms with Crippen LogP contribution in [-0.4, -0.2) is 45.2 Å². The van der Waals surface area contributed by atoms with Crippen molar-refractivity contribution in [2.45, 2.75) is 13.8 Å². The van der Waals surface area contributed by atoms with Crippen molar-refractivity contribution < 1.29 is 9.90 Å². The van der Waals surface area contributed by atoms with Gasteiger partial charge in [0.25, 0.3) is 5.91 Å². The summed E-state index contributed by atoms with van der Waals surface area (Å²) in [6, 6.07) is 7.54. The van der Waals surface area contributed by atoms with Gasteiger partial charge in [0.2, 0.25) is 0 Å². The molecule has 22 heavy (non-hydrogen) atoms. The standard InChI is InChI=1S/C17H21N3O2/c1-4-9-19(10-11-21)17(22)15-12-13(2)20(14(15)3)16-7-5-6-8-18-16/h4-8,12,21H,1,9-11H2,2-3H3. The highest BCUT2D eigenvalue weighted by molar-refractivity contribution is 5.96. The van der Waals surface area contributed by atoms with Crippen LogP contribution in [0.15, 0.2) is 43.1 Å². The normalized spacial score (nSPS) is 10.5. The maximum absolute atomic E-state index is 12.7. The maximum Gasteiger partial charge on any atom is 0.256 e.